The Labute approximate surface area is 221 Å². The highest BCUT2D eigenvalue weighted by molar-refractivity contribution is 6.34. The number of ether oxygens (including phenoxy) is 1. The average Bonchev–Trinajstić information content (AvgIpc) is 2.84. The van der Waals surface area contributed by atoms with Crippen molar-refractivity contribution in [3.63, 3.8) is 0 Å². The second-order valence-corrected chi connectivity index (χ2v) is 10.4. The molecule has 1 atom stereocenters. The molecule has 0 bridgehead atoms. The highest BCUT2D eigenvalue weighted by atomic mass is 35.5. The first-order valence-electron chi connectivity index (χ1n) is 12.3. The molecule has 2 aliphatic rings. The maximum Gasteiger partial charge on any atom is 0.268 e. The summed E-state index contributed by atoms with van der Waals surface area (Å²) in [5, 5.41) is 12.7. The monoisotopic (exact) mass is 519 g/mol. The highest BCUT2D eigenvalue weighted by Gasteiger charge is 2.39. The van der Waals surface area contributed by atoms with Gasteiger partial charge in [0.2, 0.25) is 5.91 Å². The van der Waals surface area contributed by atoms with Crippen LogP contribution in [0.5, 0.6) is 11.5 Å². The fourth-order valence-corrected chi connectivity index (χ4v) is 5.33. The van der Waals surface area contributed by atoms with Gasteiger partial charge in [-0.15, -0.1) is 0 Å². The Kier molecular flexibility index (Phi) is 6.84. The molecule has 3 aromatic rings. The summed E-state index contributed by atoms with van der Waals surface area (Å²) in [6.07, 6.45) is 1.23. The average molecular weight is 520 g/mol. The van der Waals surface area contributed by atoms with Gasteiger partial charge >= 0.3 is 0 Å². The first-order valence-corrected chi connectivity index (χ1v) is 12.7. The van der Waals surface area contributed by atoms with Crippen molar-refractivity contribution in [2.45, 2.75) is 12.5 Å². The first-order chi connectivity index (χ1) is 17.7. The van der Waals surface area contributed by atoms with E-state index in [1.165, 1.54) is 6.08 Å². The topological polar surface area (TPSA) is 73.3 Å². The number of nitrogens with zero attached hydrogens (tertiary/aromatic N) is 3. The Morgan fingerprint density at radius 1 is 1.19 bits per heavy atom. The van der Waals surface area contributed by atoms with E-state index < -0.39 is 6.10 Å². The van der Waals surface area contributed by atoms with Crippen LogP contribution in [0.4, 0.5) is 5.69 Å². The van der Waals surface area contributed by atoms with Crippen LogP contribution in [-0.4, -0.2) is 73.1 Å². The normalized spacial score (nSPS) is 17.5. The van der Waals surface area contributed by atoms with Crippen molar-refractivity contribution in [2.24, 2.45) is 5.92 Å². The molecule has 5 rings (SSSR count). The van der Waals surface area contributed by atoms with E-state index in [-0.39, 0.29) is 23.5 Å². The van der Waals surface area contributed by atoms with Crippen LogP contribution in [0, 0.1) is 5.92 Å². The van der Waals surface area contributed by atoms with Crippen molar-refractivity contribution in [2.75, 3.05) is 45.2 Å². The van der Waals surface area contributed by atoms with Crippen LogP contribution in [0.15, 0.2) is 61.2 Å². The minimum Gasteiger partial charge on any atom is -0.508 e. The van der Waals surface area contributed by atoms with Crippen LogP contribution in [0.1, 0.15) is 6.42 Å². The number of phenols is 1. The summed E-state index contributed by atoms with van der Waals surface area (Å²) >= 11 is 6.82. The molecular weight excluding hydrogens is 490 g/mol. The highest BCUT2D eigenvalue weighted by Crippen LogP contribution is 2.45. The largest absolute Gasteiger partial charge is 0.508 e. The van der Waals surface area contributed by atoms with E-state index in [1.54, 1.807) is 28.0 Å². The molecule has 7 nitrogen and oxygen atoms in total. The molecule has 1 fully saturated rings. The van der Waals surface area contributed by atoms with Crippen LogP contribution >= 0.6 is 11.6 Å². The number of rotatable bonds is 7. The van der Waals surface area contributed by atoms with E-state index in [4.69, 9.17) is 16.3 Å². The van der Waals surface area contributed by atoms with Crippen molar-refractivity contribution in [1.29, 1.82) is 0 Å². The number of halogens is 1. The fraction of sp³-hybridized carbons (Fsp3) is 0.310. The molecule has 0 spiro atoms. The number of anilines is 1. The summed E-state index contributed by atoms with van der Waals surface area (Å²) in [5.41, 5.74) is 2.13. The van der Waals surface area contributed by atoms with Gasteiger partial charge < -0.3 is 24.5 Å². The van der Waals surface area contributed by atoms with Crippen molar-refractivity contribution in [3.8, 4) is 22.6 Å². The van der Waals surface area contributed by atoms with Gasteiger partial charge in [0.15, 0.2) is 6.10 Å². The molecule has 0 aromatic heterocycles. The van der Waals surface area contributed by atoms with Crippen molar-refractivity contribution < 1.29 is 19.4 Å². The van der Waals surface area contributed by atoms with Gasteiger partial charge in [0.1, 0.15) is 11.5 Å². The number of hydrogen-bond donors (Lipinski definition) is 1. The molecule has 2 heterocycles. The van der Waals surface area contributed by atoms with Gasteiger partial charge in [-0.1, -0.05) is 42.4 Å². The lowest BCUT2D eigenvalue weighted by Gasteiger charge is -2.43. The van der Waals surface area contributed by atoms with Gasteiger partial charge in [0.05, 0.1) is 10.7 Å². The zero-order valence-electron chi connectivity index (χ0n) is 21.0. The fourth-order valence-electron chi connectivity index (χ4n) is 5.07. The molecule has 1 N–H and O–H groups in total. The van der Waals surface area contributed by atoms with E-state index in [9.17, 15) is 14.7 Å². The lowest BCUT2D eigenvalue weighted by Crippen LogP contribution is -2.56. The Morgan fingerprint density at radius 3 is 2.68 bits per heavy atom. The predicted molar refractivity (Wildman–Crippen MR) is 146 cm³/mol. The van der Waals surface area contributed by atoms with Gasteiger partial charge in [0.25, 0.3) is 5.91 Å². The van der Waals surface area contributed by atoms with Crippen LogP contribution in [-0.2, 0) is 9.59 Å². The second-order valence-electron chi connectivity index (χ2n) is 9.97. The number of carbonyl (C=O) groups is 2. The van der Waals surface area contributed by atoms with E-state index in [1.807, 2.05) is 49.3 Å². The number of benzene rings is 3. The molecule has 1 saturated heterocycles. The van der Waals surface area contributed by atoms with Gasteiger partial charge in [-0.05, 0) is 60.8 Å². The van der Waals surface area contributed by atoms with Crippen LogP contribution in [0.3, 0.4) is 0 Å². The zero-order valence-corrected chi connectivity index (χ0v) is 21.7. The Bertz CT molecular complexity index is 1380. The number of aromatic hydroxyl groups is 1. The SMILES string of the molecule is C=CC(=O)N1CC(CN2C(=O)[C@@H](CCN(C)C)Oc3cc(-c4cc(O)cc5ccccc45)c(Cl)cc32)C1. The van der Waals surface area contributed by atoms with E-state index in [0.717, 1.165) is 21.9 Å². The van der Waals surface area contributed by atoms with Gasteiger partial charge in [-0.2, -0.15) is 0 Å². The summed E-state index contributed by atoms with van der Waals surface area (Å²) in [4.78, 5) is 30.9. The molecule has 3 aromatic carbocycles. The van der Waals surface area contributed by atoms with Crippen LogP contribution in [0.2, 0.25) is 5.02 Å². The maximum absolute atomic E-state index is 13.5. The Hall–Kier alpha value is -3.55. The van der Waals surface area contributed by atoms with E-state index in [0.29, 0.717) is 49.1 Å². The number of phenolic OH excluding ortho intramolecular Hbond substituents is 1. The van der Waals surface area contributed by atoms with Gasteiger partial charge in [-0.3, -0.25) is 9.59 Å². The maximum atomic E-state index is 13.5. The van der Waals surface area contributed by atoms with Crippen LogP contribution in [0.25, 0.3) is 21.9 Å². The van der Waals surface area contributed by atoms with Crippen molar-refractivity contribution >= 4 is 39.9 Å². The summed E-state index contributed by atoms with van der Waals surface area (Å²) in [5.74, 6) is 0.678. The molecule has 0 unspecified atom stereocenters. The molecule has 192 valence electrons. The molecule has 0 aliphatic carbocycles. The van der Waals surface area contributed by atoms with Crippen molar-refractivity contribution in [3.05, 3.63) is 66.2 Å². The first kappa shape index (κ1) is 25.1. The minimum absolute atomic E-state index is 0.0974. The molecule has 2 amide bonds. The predicted octanol–water partition coefficient (Wildman–Crippen LogP) is 4.56. The third-order valence-electron chi connectivity index (χ3n) is 7.01. The van der Waals surface area contributed by atoms with Gasteiger partial charge in [0, 0.05) is 44.1 Å². The van der Waals surface area contributed by atoms with Crippen molar-refractivity contribution in [1.82, 2.24) is 9.80 Å². The number of hydrogen-bond acceptors (Lipinski definition) is 5. The number of fused-ring (bicyclic) bond motifs is 2. The van der Waals surface area contributed by atoms with E-state index >= 15 is 0 Å². The third-order valence-corrected chi connectivity index (χ3v) is 7.32. The number of carbonyl (C=O) groups excluding carboxylic acids is 2. The Morgan fingerprint density at radius 2 is 1.95 bits per heavy atom. The molecular formula is C29H30ClN3O4. The number of amides is 2. The molecule has 0 radical (unpaired) electrons. The summed E-state index contributed by atoms with van der Waals surface area (Å²) in [6, 6.07) is 14.9. The number of likely N-dealkylation sites (tertiary alicyclic amines) is 1. The second kappa shape index (κ2) is 10.1. The molecule has 2 aliphatic heterocycles. The smallest absolute Gasteiger partial charge is 0.268 e. The lowest BCUT2D eigenvalue weighted by atomic mass is 9.95. The third kappa shape index (κ3) is 4.89. The summed E-state index contributed by atoms with van der Waals surface area (Å²) in [6.45, 7) is 5.87. The molecule has 8 heteroatoms. The zero-order chi connectivity index (χ0) is 26.3. The van der Waals surface area contributed by atoms with E-state index in [2.05, 4.69) is 6.58 Å². The van der Waals surface area contributed by atoms with Gasteiger partial charge in [-0.25, -0.2) is 0 Å². The minimum atomic E-state index is -0.629. The van der Waals surface area contributed by atoms with Crippen LogP contribution < -0.4 is 9.64 Å². The standard InChI is InChI=1S/C29H30ClN3O4/c1-4-28(35)32-15-18(16-32)17-33-25-14-24(30)23(13-27(25)37-26(29(33)36)9-10-31(2)3)22-12-20(34)11-19-7-5-6-8-21(19)22/h4-8,11-14,18,26,34H,1,9-10,15-17H2,2-3H3/t26-/m1/s1. The quantitative estimate of drug-likeness (QED) is 0.463. The molecule has 0 saturated carbocycles. The molecule has 37 heavy (non-hydrogen) atoms. The Balaban J connectivity index is 1.53. The lowest BCUT2D eigenvalue weighted by molar-refractivity contribution is -0.132. The summed E-state index contributed by atoms with van der Waals surface area (Å²) < 4.78 is 6.28. The summed E-state index contributed by atoms with van der Waals surface area (Å²) in [7, 11) is 3.92.